The summed E-state index contributed by atoms with van der Waals surface area (Å²) in [5.41, 5.74) is 4.39. The van der Waals surface area contributed by atoms with Gasteiger partial charge in [-0.15, -0.1) is 0 Å². The lowest BCUT2D eigenvalue weighted by atomic mass is 9.97. The fraction of sp³-hybridized carbons (Fsp3) is 0.421. The van der Waals surface area contributed by atoms with E-state index in [-0.39, 0.29) is 12.1 Å². The lowest BCUT2D eigenvalue weighted by molar-refractivity contribution is 0.0909. The topological polar surface area (TPSA) is 50.1 Å². The number of piperidine rings is 1. The lowest BCUT2D eigenvalue weighted by Gasteiger charge is -2.29. The van der Waals surface area contributed by atoms with E-state index in [0.29, 0.717) is 5.02 Å². The lowest BCUT2D eigenvalue weighted by Crippen LogP contribution is -2.44. The number of aryl methyl sites for hydroxylation is 1. The highest BCUT2D eigenvalue weighted by Gasteiger charge is 2.22. The number of hydrogen-bond donors (Lipinski definition) is 2. The number of aliphatic hydroxyl groups excluding tert-OH is 1. The molecule has 2 atom stereocenters. The molecular weight excluding hydrogens is 354 g/mol. The van der Waals surface area contributed by atoms with Gasteiger partial charge < -0.3 is 15.0 Å². The summed E-state index contributed by atoms with van der Waals surface area (Å²) in [5.74, 6) is 0. The van der Waals surface area contributed by atoms with Crippen molar-refractivity contribution in [2.24, 2.45) is 0 Å². The largest absolute Gasteiger partial charge is 0.392 e. The van der Waals surface area contributed by atoms with Crippen molar-refractivity contribution in [3.8, 4) is 11.1 Å². The molecule has 25 heavy (non-hydrogen) atoms. The molecule has 0 bridgehead atoms. The van der Waals surface area contributed by atoms with Gasteiger partial charge in [-0.3, -0.25) is 0 Å². The first kappa shape index (κ1) is 17.0. The normalized spacial score (nSPS) is 21.0. The first-order valence-electron chi connectivity index (χ1n) is 8.81. The number of imidazole rings is 1. The number of rotatable bonds is 5. The van der Waals surface area contributed by atoms with Crippen molar-refractivity contribution in [1.29, 1.82) is 0 Å². The first-order chi connectivity index (χ1) is 12.2. The molecule has 0 spiro atoms. The van der Waals surface area contributed by atoms with Crippen LogP contribution in [0.3, 0.4) is 0 Å². The zero-order chi connectivity index (χ0) is 17.2. The molecule has 0 saturated carbocycles. The molecule has 4 nitrogen and oxygen atoms in total. The summed E-state index contributed by atoms with van der Waals surface area (Å²) in [6, 6.07) is 6.29. The maximum atomic E-state index is 10.1. The van der Waals surface area contributed by atoms with Crippen LogP contribution >= 0.6 is 22.9 Å². The Hall–Kier alpha value is -1.40. The van der Waals surface area contributed by atoms with Crippen LogP contribution in [0.4, 0.5) is 0 Å². The van der Waals surface area contributed by atoms with E-state index in [1.54, 1.807) is 11.3 Å². The molecular formula is C19H22ClN3OS. The van der Waals surface area contributed by atoms with Gasteiger partial charge in [-0.2, -0.15) is 11.3 Å². The summed E-state index contributed by atoms with van der Waals surface area (Å²) in [4.78, 5) is 4.55. The predicted octanol–water partition coefficient (Wildman–Crippen LogP) is 4.31. The van der Waals surface area contributed by atoms with Gasteiger partial charge in [-0.1, -0.05) is 11.6 Å². The van der Waals surface area contributed by atoms with Crippen LogP contribution in [0.15, 0.2) is 35.3 Å². The Balaban J connectivity index is 1.56. The fourth-order valence-electron chi connectivity index (χ4n) is 3.69. The SMILES string of the molecule is O[C@H]1CCCN[C@@H]1CCCn1cnc2cc(Cl)cc(-c3ccsc3)c21. The van der Waals surface area contributed by atoms with Gasteiger partial charge in [-0.25, -0.2) is 4.98 Å². The molecule has 0 unspecified atom stereocenters. The third-order valence-corrected chi connectivity index (χ3v) is 5.87. The first-order valence-corrected chi connectivity index (χ1v) is 10.1. The van der Waals surface area contributed by atoms with Gasteiger partial charge >= 0.3 is 0 Å². The van der Waals surface area contributed by atoms with Crippen LogP contribution in [-0.2, 0) is 6.54 Å². The Morgan fingerprint density at radius 2 is 2.32 bits per heavy atom. The van der Waals surface area contributed by atoms with Crippen molar-refractivity contribution in [3.05, 3.63) is 40.3 Å². The number of aliphatic hydroxyl groups is 1. The van der Waals surface area contributed by atoms with Crippen LogP contribution in [0.25, 0.3) is 22.2 Å². The summed E-state index contributed by atoms with van der Waals surface area (Å²) < 4.78 is 2.22. The quantitative estimate of drug-likeness (QED) is 0.698. The van der Waals surface area contributed by atoms with Crippen LogP contribution < -0.4 is 5.32 Å². The number of fused-ring (bicyclic) bond motifs is 1. The Morgan fingerprint density at radius 3 is 3.12 bits per heavy atom. The second kappa shape index (κ2) is 7.46. The molecule has 0 radical (unpaired) electrons. The summed E-state index contributed by atoms with van der Waals surface area (Å²) in [6.45, 7) is 1.90. The number of aromatic nitrogens is 2. The minimum absolute atomic E-state index is 0.214. The van der Waals surface area contributed by atoms with Gasteiger partial charge in [0.15, 0.2) is 0 Å². The van der Waals surface area contributed by atoms with E-state index in [4.69, 9.17) is 11.6 Å². The Bertz CT molecular complexity index is 846. The highest BCUT2D eigenvalue weighted by Crippen LogP contribution is 2.33. The standard InChI is InChI=1S/C19H22ClN3OS/c20-14-9-15(13-5-8-25-11-13)19-17(10-14)22-12-23(19)7-2-3-16-18(24)4-1-6-21-16/h5,8-12,16,18,21,24H,1-4,6-7H2/t16-,18+/m1/s1. The number of nitrogens with zero attached hydrogens (tertiary/aromatic N) is 2. The molecule has 0 aliphatic carbocycles. The molecule has 1 fully saturated rings. The van der Waals surface area contributed by atoms with Crippen molar-refractivity contribution in [3.63, 3.8) is 0 Å². The smallest absolute Gasteiger partial charge is 0.0958 e. The Kier molecular flexibility index (Phi) is 5.08. The van der Waals surface area contributed by atoms with Crippen molar-refractivity contribution >= 4 is 34.0 Å². The molecule has 3 heterocycles. The van der Waals surface area contributed by atoms with E-state index < -0.39 is 0 Å². The number of thiophene rings is 1. The average molecular weight is 376 g/mol. The molecule has 1 aromatic carbocycles. The summed E-state index contributed by atoms with van der Waals surface area (Å²) in [5, 5.41) is 18.5. The molecule has 1 aliphatic heterocycles. The molecule has 4 rings (SSSR count). The van der Waals surface area contributed by atoms with Gasteiger partial charge in [0, 0.05) is 23.2 Å². The van der Waals surface area contributed by atoms with Gasteiger partial charge in [0.1, 0.15) is 0 Å². The van der Waals surface area contributed by atoms with E-state index in [1.807, 2.05) is 18.5 Å². The molecule has 132 valence electrons. The number of hydrogen-bond acceptors (Lipinski definition) is 4. The van der Waals surface area contributed by atoms with Crippen LogP contribution in [0.1, 0.15) is 25.7 Å². The van der Waals surface area contributed by atoms with E-state index in [1.165, 1.54) is 5.56 Å². The molecule has 3 aromatic rings. The highest BCUT2D eigenvalue weighted by atomic mass is 35.5. The van der Waals surface area contributed by atoms with Crippen LogP contribution in [-0.4, -0.2) is 33.3 Å². The van der Waals surface area contributed by atoms with Gasteiger partial charge in [0.2, 0.25) is 0 Å². The minimum atomic E-state index is -0.214. The van der Waals surface area contributed by atoms with Gasteiger partial charge in [-0.05, 0) is 66.8 Å². The zero-order valence-corrected chi connectivity index (χ0v) is 15.6. The molecule has 6 heteroatoms. The molecule has 0 amide bonds. The molecule has 1 aliphatic rings. The fourth-order valence-corrected chi connectivity index (χ4v) is 4.56. The molecule has 1 saturated heterocycles. The van der Waals surface area contributed by atoms with E-state index in [0.717, 1.165) is 55.4 Å². The van der Waals surface area contributed by atoms with Crippen LogP contribution in [0.5, 0.6) is 0 Å². The van der Waals surface area contributed by atoms with E-state index in [2.05, 4.69) is 31.7 Å². The Labute approximate surface area is 156 Å². The average Bonchev–Trinajstić information content (AvgIpc) is 3.26. The maximum Gasteiger partial charge on any atom is 0.0958 e. The van der Waals surface area contributed by atoms with Crippen molar-refractivity contribution in [2.75, 3.05) is 6.54 Å². The minimum Gasteiger partial charge on any atom is -0.392 e. The summed E-state index contributed by atoms with van der Waals surface area (Å²) in [7, 11) is 0. The van der Waals surface area contributed by atoms with Crippen LogP contribution in [0, 0.1) is 0 Å². The van der Waals surface area contributed by atoms with Crippen molar-refractivity contribution < 1.29 is 5.11 Å². The third-order valence-electron chi connectivity index (χ3n) is 4.97. The molecule has 2 N–H and O–H groups in total. The Morgan fingerprint density at radius 1 is 1.40 bits per heavy atom. The summed E-state index contributed by atoms with van der Waals surface area (Å²) >= 11 is 7.98. The van der Waals surface area contributed by atoms with Crippen molar-refractivity contribution in [2.45, 2.75) is 44.4 Å². The van der Waals surface area contributed by atoms with E-state index in [9.17, 15) is 5.11 Å². The molecule has 2 aromatic heterocycles. The second-order valence-corrected chi connectivity index (χ2v) is 7.90. The zero-order valence-electron chi connectivity index (χ0n) is 14.0. The number of nitrogens with one attached hydrogen (secondary N) is 1. The van der Waals surface area contributed by atoms with E-state index >= 15 is 0 Å². The maximum absolute atomic E-state index is 10.1. The van der Waals surface area contributed by atoms with Gasteiger partial charge in [0.25, 0.3) is 0 Å². The van der Waals surface area contributed by atoms with Gasteiger partial charge in [0.05, 0.1) is 23.5 Å². The number of benzene rings is 1. The second-order valence-electron chi connectivity index (χ2n) is 6.68. The monoisotopic (exact) mass is 375 g/mol. The summed E-state index contributed by atoms with van der Waals surface area (Å²) in [6.07, 6.45) is 5.64. The highest BCUT2D eigenvalue weighted by molar-refractivity contribution is 7.08. The van der Waals surface area contributed by atoms with Crippen molar-refractivity contribution in [1.82, 2.24) is 14.9 Å². The number of halogens is 1. The van der Waals surface area contributed by atoms with Crippen LogP contribution in [0.2, 0.25) is 5.02 Å². The third kappa shape index (κ3) is 3.60. The predicted molar refractivity (Wildman–Crippen MR) is 104 cm³/mol.